The Morgan fingerprint density at radius 3 is 2.76 bits per heavy atom. The van der Waals surface area contributed by atoms with Crippen LogP contribution in [0.4, 0.5) is 4.39 Å². The number of para-hydroxylation sites is 1. The Hall–Kier alpha value is -1.13. The van der Waals surface area contributed by atoms with Crippen LogP contribution in [0.15, 0.2) is 18.2 Å². The van der Waals surface area contributed by atoms with Crippen molar-refractivity contribution >= 4 is 0 Å². The molecule has 4 heteroatoms. The van der Waals surface area contributed by atoms with E-state index in [1.165, 1.54) is 6.07 Å². The van der Waals surface area contributed by atoms with E-state index in [0.29, 0.717) is 18.2 Å². The van der Waals surface area contributed by atoms with Gasteiger partial charge in [-0.3, -0.25) is 0 Å². The number of phenolic OH excluding ortho intramolecular Hbond substituents is 1. The fourth-order valence-corrected chi connectivity index (χ4v) is 1.54. The second-order valence-corrected chi connectivity index (χ2v) is 4.62. The fraction of sp³-hybridized carbons (Fsp3) is 0.538. The van der Waals surface area contributed by atoms with Crippen LogP contribution in [0, 0.1) is 5.82 Å². The summed E-state index contributed by atoms with van der Waals surface area (Å²) in [5.41, 5.74) is 0.599. The Morgan fingerprint density at radius 2 is 2.12 bits per heavy atom. The summed E-state index contributed by atoms with van der Waals surface area (Å²) in [6.07, 6.45) is 1.02. The molecule has 0 radical (unpaired) electrons. The molecule has 0 fully saturated rings. The first-order chi connectivity index (χ1) is 8.00. The van der Waals surface area contributed by atoms with E-state index in [4.69, 9.17) is 0 Å². The van der Waals surface area contributed by atoms with Crippen molar-refractivity contribution in [3.05, 3.63) is 29.6 Å². The lowest BCUT2D eigenvalue weighted by Gasteiger charge is -2.17. The maximum atomic E-state index is 13.1. The summed E-state index contributed by atoms with van der Waals surface area (Å²) in [6.45, 7) is 3.57. The van der Waals surface area contributed by atoms with Crippen molar-refractivity contribution in [1.82, 2.24) is 10.2 Å². The molecule has 1 aromatic carbocycles. The van der Waals surface area contributed by atoms with Gasteiger partial charge in [-0.25, -0.2) is 4.39 Å². The zero-order valence-electron chi connectivity index (χ0n) is 10.7. The van der Waals surface area contributed by atoms with Gasteiger partial charge in [0, 0.05) is 18.2 Å². The van der Waals surface area contributed by atoms with Crippen LogP contribution in [0.1, 0.15) is 18.9 Å². The number of nitrogens with zero attached hydrogens (tertiary/aromatic N) is 1. The summed E-state index contributed by atoms with van der Waals surface area (Å²) in [6, 6.07) is 4.93. The maximum Gasteiger partial charge on any atom is 0.165 e. The number of halogens is 1. The summed E-state index contributed by atoms with van der Waals surface area (Å²) in [7, 11) is 4.07. The first kappa shape index (κ1) is 13.9. The highest BCUT2D eigenvalue weighted by atomic mass is 19.1. The summed E-state index contributed by atoms with van der Waals surface area (Å²) < 4.78 is 13.1. The van der Waals surface area contributed by atoms with Crippen LogP contribution in [0.2, 0.25) is 0 Å². The van der Waals surface area contributed by atoms with E-state index < -0.39 is 5.82 Å². The molecule has 0 bridgehead atoms. The topological polar surface area (TPSA) is 35.5 Å². The van der Waals surface area contributed by atoms with Crippen LogP contribution < -0.4 is 5.32 Å². The van der Waals surface area contributed by atoms with Gasteiger partial charge in [0.25, 0.3) is 0 Å². The van der Waals surface area contributed by atoms with Crippen molar-refractivity contribution in [2.45, 2.75) is 25.9 Å². The Morgan fingerprint density at radius 1 is 1.41 bits per heavy atom. The lowest BCUT2D eigenvalue weighted by atomic mass is 10.1. The molecular weight excluding hydrogens is 219 g/mol. The fourth-order valence-electron chi connectivity index (χ4n) is 1.54. The van der Waals surface area contributed by atoms with Crippen LogP contribution in [0.5, 0.6) is 5.75 Å². The summed E-state index contributed by atoms with van der Waals surface area (Å²) in [5.74, 6) is -0.815. The van der Waals surface area contributed by atoms with Gasteiger partial charge in [-0.1, -0.05) is 12.1 Å². The Bertz CT molecular complexity index is 355. The highest BCUT2D eigenvalue weighted by Crippen LogP contribution is 2.20. The molecular formula is C13H21FN2O. The zero-order chi connectivity index (χ0) is 12.8. The molecule has 3 nitrogen and oxygen atoms in total. The molecule has 0 heterocycles. The van der Waals surface area contributed by atoms with E-state index in [1.54, 1.807) is 12.1 Å². The molecule has 0 aliphatic carbocycles. The lowest BCUT2D eigenvalue weighted by molar-refractivity contribution is 0.363. The van der Waals surface area contributed by atoms with E-state index in [1.807, 2.05) is 14.1 Å². The van der Waals surface area contributed by atoms with Gasteiger partial charge >= 0.3 is 0 Å². The highest BCUT2D eigenvalue weighted by Gasteiger charge is 2.08. The molecule has 1 unspecified atom stereocenters. The summed E-state index contributed by atoms with van der Waals surface area (Å²) >= 11 is 0. The van der Waals surface area contributed by atoms with Gasteiger partial charge in [-0.2, -0.15) is 0 Å². The molecule has 17 heavy (non-hydrogen) atoms. The van der Waals surface area contributed by atoms with Crippen molar-refractivity contribution in [3.8, 4) is 5.75 Å². The van der Waals surface area contributed by atoms with Gasteiger partial charge in [0.15, 0.2) is 11.6 Å². The number of hydrogen-bond acceptors (Lipinski definition) is 3. The molecule has 0 amide bonds. The molecule has 1 atom stereocenters. The first-order valence-corrected chi connectivity index (χ1v) is 5.85. The van der Waals surface area contributed by atoms with E-state index in [9.17, 15) is 9.50 Å². The Balaban J connectivity index is 2.42. The predicted molar refractivity (Wildman–Crippen MR) is 67.5 cm³/mol. The van der Waals surface area contributed by atoms with Crippen LogP contribution in [-0.4, -0.2) is 36.7 Å². The zero-order valence-corrected chi connectivity index (χ0v) is 10.7. The van der Waals surface area contributed by atoms with Gasteiger partial charge < -0.3 is 15.3 Å². The van der Waals surface area contributed by atoms with Crippen molar-refractivity contribution in [2.75, 3.05) is 20.6 Å². The molecule has 0 saturated heterocycles. The highest BCUT2D eigenvalue weighted by molar-refractivity contribution is 5.33. The van der Waals surface area contributed by atoms with Gasteiger partial charge in [0.05, 0.1) is 0 Å². The smallest absolute Gasteiger partial charge is 0.165 e. The summed E-state index contributed by atoms with van der Waals surface area (Å²) in [4.78, 5) is 2.12. The average molecular weight is 240 g/mol. The Kier molecular flexibility index (Phi) is 5.38. The number of hydrogen-bond donors (Lipinski definition) is 2. The van der Waals surface area contributed by atoms with Crippen LogP contribution in [0.3, 0.4) is 0 Å². The quantitative estimate of drug-likeness (QED) is 0.798. The van der Waals surface area contributed by atoms with Gasteiger partial charge in [0.1, 0.15) is 0 Å². The van der Waals surface area contributed by atoms with Gasteiger partial charge in [0.2, 0.25) is 0 Å². The van der Waals surface area contributed by atoms with E-state index >= 15 is 0 Å². The molecule has 0 aromatic heterocycles. The van der Waals surface area contributed by atoms with Gasteiger partial charge in [-0.05, 0) is 40.1 Å². The van der Waals surface area contributed by atoms with Crippen molar-refractivity contribution in [2.24, 2.45) is 0 Å². The van der Waals surface area contributed by atoms with Gasteiger partial charge in [-0.15, -0.1) is 0 Å². The number of phenols is 1. The minimum atomic E-state index is -0.565. The first-order valence-electron chi connectivity index (χ1n) is 5.85. The third-order valence-electron chi connectivity index (χ3n) is 2.72. The lowest BCUT2D eigenvalue weighted by Crippen LogP contribution is -2.29. The third-order valence-corrected chi connectivity index (χ3v) is 2.72. The van der Waals surface area contributed by atoms with Crippen molar-refractivity contribution < 1.29 is 9.50 Å². The molecule has 0 saturated carbocycles. The normalized spacial score (nSPS) is 13.0. The minimum absolute atomic E-state index is 0.250. The number of nitrogens with one attached hydrogen (secondary N) is 1. The van der Waals surface area contributed by atoms with Crippen LogP contribution in [0.25, 0.3) is 0 Å². The number of rotatable bonds is 6. The number of benzene rings is 1. The summed E-state index contributed by atoms with van der Waals surface area (Å²) in [5, 5.41) is 12.8. The van der Waals surface area contributed by atoms with Crippen molar-refractivity contribution in [1.29, 1.82) is 0 Å². The van der Waals surface area contributed by atoms with Crippen molar-refractivity contribution in [3.63, 3.8) is 0 Å². The third kappa shape index (κ3) is 4.71. The molecule has 1 aromatic rings. The maximum absolute atomic E-state index is 13.1. The Labute approximate surface area is 102 Å². The molecule has 2 N–H and O–H groups in total. The van der Waals surface area contributed by atoms with E-state index in [-0.39, 0.29) is 5.75 Å². The second-order valence-electron chi connectivity index (χ2n) is 4.62. The monoisotopic (exact) mass is 240 g/mol. The minimum Gasteiger partial charge on any atom is -0.505 e. The molecule has 0 aliphatic rings. The average Bonchev–Trinajstić information content (AvgIpc) is 2.28. The number of aromatic hydroxyl groups is 1. The largest absolute Gasteiger partial charge is 0.505 e. The molecule has 0 aliphatic heterocycles. The van der Waals surface area contributed by atoms with E-state index in [2.05, 4.69) is 17.1 Å². The van der Waals surface area contributed by atoms with Crippen LogP contribution in [-0.2, 0) is 6.54 Å². The van der Waals surface area contributed by atoms with Crippen LogP contribution >= 0.6 is 0 Å². The van der Waals surface area contributed by atoms with E-state index in [0.717, 1.165) is 13.0 Å². The molecule has 1 rings (SSSR count). The SMILES string of the molecule is CC(CCN(C)C)NCc1cccc(F)c1O. The predicted octanol–water partition coefficient (Wildman–Crippen LogP) is 1.96. The molecule has 0 spiro atoms. The molecule has 96 valence electrons. The second kappa shape index (κ2) is 6.57. The standard InChI is InChI=1S/C13H21FN2O/c1-10(7-8-16(2)3)15-9-11-5-4-6-12(14)13(11)17/h4-6,10,15,17H,7-9H2,1-3H3.